The third-order valence-electron chi connectivity index (χ3n) is 2.07. The molecule has 4 nitrogen and oxygen atoms in total. The third kappa shape index (κ3) is 3.68. The third-order valence-corrected chi connectivity index (χ3v) is 2.07. The van der Waals surface area contributed by atoms with E-state index in [0.717, 1.165) is 0 Å². The number of aromatic hydroxyl groups is 1. The molecule has 0 amide bonds. The van der Waals surface area contributed by atoms with Crippen LogP contribution in [-0.4, -0.2) is 25.3 Å². The zero-order valence-corrected chi connectivity index (χ0v) is 9.71. The number of phenols is 1. The second kappa shape index (κ2) is 6.37. The van der Waals surface area contributed by atoms with Crippen molar-refractivity contribution in [1.82, 2.24) is 0 Å². The van der Waals surface area contributed by atoms with E-state index in [0.29, 0.717) is 5.56 Å². The molecule has 1 rings (SSSR count). The lowest BCUT2D eigenvalue weighted by molar-refractivity contribution is -0.139. The van der Waals surface area contributed by atoms with Crippen LogP contribution in [0.15, 0.2) is 42.2 Å². The number of hydrogen-bond donors (Lipinski definition) is 1. The maximum atomic E-state index is 11.2. The molecule has 0 unspecified atom stereocenters. The molecule has 0 aliphatic rings. The van der Waals surface area contributed by atoms with Crippen LogP contribution in [0.2, 0.25) is 0 Å². The van der Waals surface area contributed by atoms with Gasteiger partial charge in [-0.15, -0.1) is 0 Å². The van der Waals surface area contributed by atoms with Crippen LogP contribution in [0.5, 0.6) is 5.75 Å². The van der Waals surface area contributed by atoms with Crippen LogP contribution in [0.25, 0.3) is 6.08 Å². The average Bonchev–Trinajstić information content (AvgIpc) is 2.36. The molecule has 0 heterocycles. The quantitative estimate of drug-likeness (QED) is 0.375. The highest BCUT2D eigenvalue weighted by Gasteiger charge is 2.07. The SMILES string of the molecule is COC(=O)/C(=C\C=C\c1ccccc1O)OC. The van der Waals surface area contributed by atoms with Crippen molar-refractivity contribution in [2.45, 2.75) is 0 Å². The van der Waals surface area contributed by atoms with E-state index in [1.54, 1.807) is 36.4 Å². The van der Waals surface area contributed by atoms with Crippen LogP contribution in [0.3, 0.4) is 0 Å². The minimum atomic E-state index is -0.547. The standard InChI is InChI=1S/C13H14O4/c1-16-12(13(15)17-2)9-5-7-10-6-3-4-8-11(10)14/h3-9,14H,1-2H3/b7-5+,12-9+. The Morgan fingerprint density at radius 3 is 2.53 bits per heavy atom. The number of allylic oxidation sites excluding steroid dienone is 2. The van der Waals surface area contributed by atoms with E-state index < -0.39 is 5.97 Å². The van der Waals surface area contributed by atoms with Crippen LogP contribution < -0.4 is 0 Å². The predicted molar refractivity (Wildman–Crippen MR) is 64.2 cm³/mol. The number of ether oxygens (including phenoxy) is 2. The summed E-state index contributed by atoms with van der Waals surface area (Å²) in [6.07, 6.45) is 4.74. The lowest BCUT2D eigenvalue weighted by Gasteiger charge is -2.01. The minimum absolute atomic E-state index is 0.0965. The Morgan fingerprint density at radius 2 is 1.94 bits per heavy atom. The second-order valence-electron chi connectivity index (χ2n) is 3.14. The lowest BCUT2D eigenvalue weighted by atomic mass is 10.2. The molecular weight excluding hydrogens is 220 g/mol. The number of para-hydroxylation sites is 1. The van der Waals surface area contributed by atoms with Gasteiger partial charge in [-0.05, 0) is 12.1 Å². The van der Waals surface area contributed by atoms with Crippen molar-refractivity contribution in [2.75, 3.05) is 14.2 Å². The van der Waals surface area contributed by atoms with Crippen LogP contribution >= 0.6 is 0 Å². The predicted octanol–water partition coefficient (Wildman–Crippen LogP) is 2.11. The smallest absolute Gasteiger partial charge is 0.373 e. The molecule has 0 bridgehead atoms. The van der Waals surface area contributed by atoms with E-state index in [9.17, 15) is 9.90 Å². The van der Waals surface area contributed by atoms with Crippen molar-refractivity contribution in [3.05, 3.63) is 47.7 Å². The van der Waals surface area contributed by atoms with E-state index in [1.807, 2.05) is 0 Å². The molecule has 1 aromatic carbocycles. The molecule has 0 fully saturated rings. The number of hydrogen-bond acceptors (Lipinski definition) is 4. The molecule has 0 aromatic heterocycles. The van der Waals surface area contributed by atoms with Gasteiger partial charge in [0.2, 0.25) is 5.76 Å². The zero-order chi connectivity index (χ0) is 12.7. The fourth-order valence-corrected chi connectivity index (χ4v) is 1.19. The topological polar surface area (TPSA) is 55.8 Å². The zero-order valence-electron chi connectivity index (χ0n) is 9.71. The summed E-state index contributed by atoms with van der Waals surface area (Å²) in [5.41, 5.74) is 0.657. The van der Waals surface area contributed by atoms with Crippen molar-refractivity contribution in [3.63, 3.8) is 0 Å². The number of phenolic OH excluding ortho intramolecular Hbond substituents is 1. The molecule has 0 spiro atoms. The molecule has 0 atom stereocenters. The first-order valence-electron chi connectivity index (χ1n) is 4.97. The van der Waals surface area contributed by atoms with Crippen molar-refractivity contribution >= 4 is 12.0 Å². The molecule has 1 N–H and O–H groups in total. The van der Waals surface area contributed by atoms with Crippen molar-refractivity contribution in [3.8, 4) is 5.75 Å². The van der Waals surface area contributed by atoms with Gasteiger partial charge in [0.25, 0.3) is 0 Å². The van der Waals surface area contributed by atoms with Crippen LogP contribution in [0.1, 0.15) is 5.56 Å². The molecule has 1 aromatic rings. The van der Waals surface area contributed by atoms with Crippen molar-refractivity contribution in [1.29, 1.82) is 0 Å². The first-order valence-corrected chi connectivity index (χ1v) is 4.97. The van der Waals surface area contributed by atoms with Crippen molar-refractivity contribution < 1.29 is 19.4 Å². The number of benzene rings is 1. The maximum Gasteiger partial charge on any atom is 0.373 e. The first kappa shape index (κ1) is 12.8. The van der Waals surface area contributed by atoms with E-state index in [-0.39, 0.29) is 11.5 Å². The highest BCUT2D eigenvalue weighted by atomic mass is 16.6. The Bertz CT molecular complexity index is 446. The van der Waals surface area contributed by atoms with E-state index in [2.05, 4.69) is 4.74 Å². The monoisotopic (exact) mass is 234 g/mol. The summed E-state index contributed by atoms with van der Waals surface area (Å²) >= 11 is 0. The summed E-state index contributed by atoms with van der Waals surface area (Å²) in [6.45, 7) is 0. The summed E-state index contributed by atoms with van der Waals surface area (Å²) < 4.78 is 9.36. The largest absolute Gasteiger partial charge is 0.507 e. The van der Waals surface area contributed by atoms with Gasteiger partial charge in [-0.3, -0.25) is 0 Å². The number of carbonyl (C=O) groups is 1. The van der Waals surface area contributed by atoms with E-state index in [1.165, 1.54) is 20.3 Å². The molecule has 0 saturated carbocycles. The van der Waals surface area contributed by atoms with Gasteiger partial charge in [0.1, 0.15) is 5.75 Å². The van der Waals surface area contributed by atoms with Gasteiger partial charge in [-0.1, -0.05) is 30.4 Å². The van der Waals surface area contributed by atoms with Gasteiger partial charge in [0.05, 0.1) is 14.2 Å². The van der Waals surface area contributed by atoms with Gasteiger partial charge < -0.3 is 14.6 Å². The average molecular weight is 234 g/mol. The Balaban J connectivity index is 2.81. The Morgan fingerprint density at radius 1 is 1.24 bits per heavy atom. The van der Waals surface area contributed by atoms with Gasteiger partial charge in [-0.25, -0.2) is 4.79 Å². The van der Waals surface area contributed by atoms with Gasteiger partial charge in [0, 0.05) is 5.56 Å². The summed E-state index contributed by atoms with van der Waals surface area (Å²) in [6, 6.07) is 6.88. The fourth-order valence-electron chi connectivity index (χ4n) is 1.19. The van der Waals surface area contributed by atoms with E-state index >= 15 is 0 Å². The van der Waals surface area contributed by atoms with Crippen molar-refractivity contribution in [2.24, 2.45) is 0 Å². The Kier molecular flexibility index (Phi) is 4.81. The Labute approximate surface area is 99.8 Å². The van der Waals surface area contributed by atoms with E-state index in [4.69, 9.17) is 4.74 Å². The first-order chi connectivity index (χ1) is 8.19. The summed E-state index contributed by atoms with van der Waals surface area (Å²) in [7, 11) is 2.67. The number of carbonyl (C=O) groups excluding carboxylic acids is 1. The minimum Gasteiger partial charge on any atom is -0.507 e. The van der Waals surface area contributed by atoms with Gasteiger partial charge >= 0.3 is 5.97 Å². The Hall–Kier alpha value is -2.23. The molecule has 0 saturated heterocycles. The summed E-state index contributed by atoms with van der Waals surface area (Å²) in [4.78, 5) is 11.2. The number of esters is 1. The van der Waals surface area contributed by atoms with Gasteiger partial charge in [-0.2, -0.15) is 0 Å². The second-order valence-corrected chi connectivity index (χ2v) is 3.14. The molecule has 0 radical (unpaired) electrons. The number of methoxy groups -OCH3 is 2. The van der Waals surface area contributed by atoms with Gasteiger partial charge in [0.15, 0.2) is 0 Å². The molecule has 90 valence electrons. The van der Waals surface area contributed by atoms with Crippen LogP contribution in [-0.2, 0) is 14.3 Å². The molecule has 0 aliphatic carbocycles. The molecule has 17 heavy (non-hydrogen) atoms. The van der Waals surface area contributed by atoms with Crippen LogP contribution in [0, 0.1) is 0 Å². The molecule has 0 aliphatic heterocycles. The number of rotatable bonds is 4. The fraction of sp³-hybridized carbons (Fsp3) is 0.154. The normalized spacial score (nSPS) is 11.5. The summed E-state index contributed by atoms with van der Waals surface area (Å²) in [5, 5.41) is 9.49. The lowest BCUT2D eigenvalue weighted by Crippen LogP contribution is -2.05. The highest BCUT2D eigenvalue weighted by molar-refractivity contribution is 5.86. The maximum absolute atomic E-state index is 11.2. The molecule has 4 heteroatoms. The summed E-state index contributed by atoms with van der Waals surface area (Å²) in [5.74, 6) is -0.275. The highest BCUT2D eigenvalue weighted by Crippen LogP contribution is 2.17. The molecular formula is C13H14O4. The van der Waals surface area contributed by atoms with Crippen LogP contribution in [0.4, 0.5) is 0 Å².